The first-order valence-electron chi connectivity index (χ1n) is 10.2. The first-order chi connectivity index (χ1) is 14.0. The molecule has 3 aromatic rings. The molecule has 2 aromatic carbocycles. The number of carbonyl (C=O) groups excluding carboxylic acids is 2. The van der Waals surface area contributed by atoms with E-state index in [1.54, 1.807) is 24.3 Å². The highest BCUT2D eigenvalue weighted by atomic mass is 16.5. The van der Waals surface area contributed by atoms with Gasteiger partial charge in [-0.2, -0.15) is 0 Å². The van der Waals surface area contributed by atoms with Crippen LogP contribution in [0, 0.1) is 6.92 Å². The second-order valence-corrected chi connectivity index (χ2v) is 7.09. The molecule has 0 aliphatic heterocycles. The predicted molar refractivity (Wildman–Crippen MR) is 117 cm³/mol. The summed E-state index contributed by atoms with van der Waals surface area (Å²) >= 11 is 0. The highest BCUT2D eigenvalue weighted by molar-refractivity contribution is 6.08. The third kappa shape index (κ3) is 4.19. The third-order valence-electron chi connectivity index (χ3n) is 5.11. The number of hydrogen-bond donors (Lipinski definition) is 1. The molecule has 5 heteroatoms. The van der Waals surface area contributed by atoms with Gasteiger partial charge < -0.3 is 14.6 Å². The number of fused-ring (bicyclic) bond motifs is 1. The van der Waals surface area contributed by atoms with Crippen LogP contribution in [0.5, 0.6) is 0 Å². The Bertz CT molecular complexity index is 1050. The molecule has 152 valence electrons. The van der Waals surface area contributed by atoms with Crippen LogP contribution in [-0.2, 0) is 17.7 Å². The first kappa shape index (κ1) is 20.6. The maximum atomic E-state index is 13.1. The SMILES string of the molecule is CCCOC(=O)c1cccc(NC(=O)c2c(C)c3cc(CC)ccc3n2CC)c1. The highest BCUT2D eigenvalue weighted by Gasteiger charge is 2.20. The van der Waals surface area contributed by atoms with E-state index < -0.39 is 0 Å². The third-order valence-corrected chi connectivity index (χ3v) is 5.11. The second-order valence-electron chi connectivity index (χ2n) is 7.09. The monoisotopic (exact) mass is 392 g/mol. The van der Waals surface area contributed by atoms with Crippen LogP contribution >= 0.6 is 0 Å². The van der Waals surface area contributed by atoms with E-state index in [1.807, 2.05) is 25.3 Å². The fourth-order valence-electron chi connectivity index (χ4n) is 3.60. The Kier molecular flexibility index (Phi) is 6.37. The molecule has 0 fully saturated rings. The van der Waals surface area contributed by atoms with Crippen molar-refractivity contribution in [1.82, 2.24) is 4.57 Å². The van der Waals surface area contributed by atoms with Crippen molar-refractivity contribution in [3.63, 3.8) is 0 Å². The number of aryl methyl sites for hydroxylation is 3. The molecule has 5 nitrogen and oxygen atoms in total. The summed E-state index contributed by atoms with van der Waals surface area (Å²) in [6.45, 7) is 9.17. The van der Waals surface area contributed by atoms with E-state index >= 15 is 0 Å². The Balaban J connectivity index is 1.92. The van der Waals surface area contributed by atoms with Crippen LogP contribution in [0.3, 0.4) is 0 Å². The molecule has 1 N–H and O–H groups in total. The van der Waals surface area contributed by atoms with Gasteiger partial charge in [-0.15, -0.1) is 0 Å². The first-order valence-corrected chi connectivity index (χ1v) is 10.2. The van der Waals surface area contributed by atoms with Gasteiger partial charge in [-0.05, 0) is 68.1 Å². The van der Waals surface area contributed by atoms with Crippen molar-refractivity contribution >= 4 is 28.5 Å². The van der Waals surface area contributed by atoms with Crippen molar-refractivity contribution in [2.45, 2.75) is 47.1 Å². The zero-order valence-corrected chi connectivity index (χ0v) is 17.5. The molecule has 0 bridgehead atoms. The maximum absolute atomic E-state index is 13.1. The average Bonchev–Trinajstić information content (AvgIpc) is 3.03. The molecule has 0 aliphatic rings. The molecule has 0 atom stereocenters. The number of benzene rings is 2. The van der Waals surface area contributed by atoms with Gasteiger partial charge >= 0.3 is 5.97 Å². The van der Waals surface area contributed by atoms with Crippen LogP contribution in [0.1, 0.15) is 59.2 Å². The molecule has 1 heterocycles. The Labute approximate surface area is 171 Å². The van der Waals surface area contributed by atoms with Gasteiger partial charge in [0.1, 0.15) is 5.69 Å². The molecule has 0 radical (unpaired) electrons. The Morgan fingerprint density at radius 1 is 1.07 bits per heavy atom. The normalized spacial score (nSPS) is 10.9. The number of carbonyl (C=O) groups is 2. The van der Waals surface area contributed by atoms with Crippen molar-refractivity contribution in [1.29, 1.82) is 0 Å². The topological polar surface area (TPSA) is 60.3 Å². The number of aromatic nitrogens is 1. The van der Waals surface area contributed by atoms with E-state index in [1.165, 1.54) is 5.56 Å². The molecule has 0 saturated heterocycles. The lowest BCUT2D eigenvalue weighted by Crippen LogP contribution is -2.18. The Morgan fingerprint density at radius 3 is 2.55 bits per heavy atom. The maximum Gasteiger partial charge on any atom is 0.338 e. The summed E-state index contributed by atoms with van der Waals surface area (Å²) < 4.78 is 7.22. The lowest BCUT2D eigenvalue weighted by Gasteiger charge is -2.11. The van der Waals surface area contributed by atoms with Crippen LogP contribution in [0.25, 0.3) is 10.9 Å². The van der Waals surface area contributed by atoms with Gasteiger partial charge in [0.2, 0.25) is 0 Å². The molecule has 0 saturated carbocycles. The van der Waals surface area contributed by atoms with Crippen molar-refractivity contribution in [3.8, 4) is 0 Å². The molecule has 1 amide bonds. The summed E-state index contributed by atoms with van der Waals surface area (Å²) in [5.74, 6) is -0.563. The summed E-state index contributed by atoms with van der Waals surface area (Å²) in [6, 6.07) is 13.2. The van der Waals surface area contributed by atoms with Crippen molar-refractivity contribution in [2.75, 3.05) is 11.9 Å². The lowest BCUT2D eigenvalue weighted by molar-refractivity contribution is 0.0505. The van der Waals surface area contributed by atoms with Gasteiger partial charge in [-0.1, -0.05) is 26.0 Å². The molecule has 0 unspecified atom stereocenters. The number of esters is 1. The number of rotatable bonds is 7. The molecule has 0 aliphatic carbocycles. The summed E-state index contributed by atoms with van der Waals surface area (Å²) in [4.78, 5) is 25.2. The number of nitrogens with zero attached hydrogens (tertiary/aromatic N) is 1. The van der Waals surface area contributed by atoms with Crippen molar-refractivity contribution in [2.24, 2.45) is 0 Å². The van der Waals surface area contributed by atoms with Gasteiger partial charge in [0.25, 0.3) is 5.91 Å². The number of nitrogens with one attached hydrogen (secondary N) is 1. The van der Waals surface area contributed by atoms with Gasteiger partial charge in [-0.25, -0.2) is 4.79 Å². The summed E-state index contributed by atoms with van der Waals surface area (Å²) in [5, 5.41) is 4.05. The van der Waals surface area contributed by atoms with Crippen LogP contribution < -0.4 is 5.32 Å². The van der Waals surface area contributed by atoms with Crippen LogP contribution in [-0.4, -0.2) is 23.1 Å². The molecular weight excluding hydrogens is 364 g/mol. The average molecular weight is 392 g/mol. The van der Waals surface area contributed by atoms with Crippen molar-refractivity contribution < 1.29 is 14.3 Å². The highest BCUT2D eigenvalue weighted by Crippen LogP contribution is 2.28. The van der Waals surface area contributed by atoms with Crippen LogP contribution in [0.4, 0.5) is 5.69 Å². The fourth-order valence-corrected chi connectivity index (χ4v) is 3.60. The minimum atomic E-state index is -0.381. The molecule has 1 aromatic heterocycles. The van der Waals surface area contributed by atoms with E-state index in [2.05, 4.69) is 30.4 Å². The van der Waals surface area contributed by atoms with Crippen LogP contribution in [0.15, 0.2) is 42.5 Å². The van der Waals surface area contributed by atoms with Gasteiger partial charge in [0.05, 0.1) is 12.2 Å². The smallest absolute Gasteiger partial charge is 0.338 e. The van der Waals surface area contributed by atoms with Gasteiger partial charge in [-0.3, -0.25) is 4.79 Å². The van der Waals surface area contributed by atoms with Gasteiger partial charge in [0, 0.05) is 23.1 Å². The van der Waals surface area contributed by atoms with Crippen molar-refractivity contribution in [3.05, 3.63) is 64.8 Å². The molecule has 3 rings (SSSR count). The fraction of sp³-hybridized carbons (Fsp3) is 0.333. The van der Waals surface area contributed by atoms with E-state index in [0.717, 1.165) is 29.3 Å². The quantitative estimate of drug-likeness (QED) is 0.551. The molecular formula is C24H28N2O3. The minimum absolute atomic E-state index is 0.183. The number of ether oxygens (including phenoxy) is 1. The van der Waals surface area contributed by atoms with Crippen LogP contribution in [0.2, 0.25) is 0 Å². The predicted octanol–water partition coefficient (Wildman–Crippen LogP) is 5.35. The number of anilines is 1. The summed E-state index contributed by atoms with van der Waals surface area (Å²) in [7, 11) is 0. The number of hydrogen-bond acceptors (Lipinski definition) is 3. The minimum Gasteiger partial charge on any atom is -0.462 e. The Morgan fingerprint density at radius 2 is 1.86 bits per heavy atom. The second kappa shape index (κ2) is 8.95. The standard InChI is InChI=1S/C24H28N2O3/c1-5-13-29-24(28)18-9-8-10-19(15-18)25-23(27)22-16(4)20-14-17(6-2)11-12-21(20)26(22)7-3/h8-12,14-15H,5-7,13H2,1-4H3,(H,25,27). The Hall–Kier alpha value is -3.08. The summed E-state index contributed by atoms with van der Waals surface area (Å²) in [5.41, 5.74) is 4.92. The lowest BCUT2D eigenvalue weighted by atomic mass is 10.1. The van der Waals surface area contributed by atoms with Gasteiger partial charge in [0.15, 0.2) is 0 Å². The molecule has 29 heavy (non-hydrogen) atoms. The summed E-state index contributed by atoms with van der Waals surface area (Å²) in [6.07, 6.45) is 1.72. The van der Waals surface area contributed by atoms with E-state index in [9.17, 15) is 9.59 Å². The van der Waals surface area contributed by atoms with E-state index in [4.69, 9.17) is 4.74 Å². The zero-order valence-electron chi connectivity index (χ0n) is 17.5. The number of amides is 1. The van der Waals surface area contributed by atoms with E-state index in [0.29, 0.717) is 30.1 Å². The largest absolute Gasteiger partial charge is 0.462 e. The zero-order chi connectivity index (χ0) is 21.0. The molecule has 0 spiro atoms. The van der Waals surface area contributed by atoms with E-state index in [-0.39, 0.29) is 11.9 Å².